The number of carbonyl (C=O) groups is 2. The number of ether oxygens (including phenoxy) is 1. The number of hydrogen-bond acceptors (Lipinski definition) is 4. The molecule has 196 valence electrons. The highest BCUT2D eigenvalue weighted by Crippen LogP contribution is 2.35. The van der Waals surface area contributed by atoms with Gasteiger partial charge in [-0.25, -0.2) is 4.39 Å². The van der Waals surface area contributed by atoms with Gasteiger partial charge in [0.1, 0.15) is 22.9 Å². The Morgan fingerprint density at radius 3 is 2.50 bits per heavy atom. The SMILES string of the molecule is CC(C)CNC(=O)c1cc(OCC2CC2)cc(-c2ccc3oc(Cc4ccc(F)cc4)c(C(N)=O)c3c2)c1. The Balaban J connectivity index is 1.52. The van der Waals surface area contributed by atoms with Gasteiger partial charge in [0.25, 0.3) is 11.8 Å². The average molecular weight is 515 g/mol. The van der Waals surface area contributed by atoms with Crippen LogP contribution in [0.2, 0.25) is 0 Å². The normalized spacial score (nSPS) is 13.2. The van der Waals surface area contributed by atoms with Crippen LogP contribution < -0.4 is 15.8 Å². The van der Waals surface area contributed by atoms with Crippen molar-refractivity contribution < 1.29 is 23.1 Å². The summed E-state index contributed by atoms with van der Waals surface area (Å²) >= 11 is 0. The lowest BCUT2D eigenvalue weighted by Crippen LogP contribution is -2.27. The second-order valence-corrected chi connectivity index (χ2v) is 10.4. The van der Waals surface area contributed by atoms with Gasteiger partial charge >= 0.3 is 0 Å². The molecule has 7 heteroatoms. The summed E-state index contributed by atoms with van der Waals surface area (Å²) in [4.78, 5) is 25.4. The minimum atomic E-state index is -0.603. The molecule has 0 unspecified atom stereocenters. The Hall–Kier alpha value is -4.13. The number of nitrogens with one attached hydrogen (secondary N) is 1. The molecule has 0 spiro atoms. The van der Waals surface area contributed by atoms with Crippen molar-refractivity contribution in [2.75, 3.05) is 13.2 Å². The quantitative estimate of drug-likeness (QED) is 0.267. The first-order valence-corrected chi connectivity index (χ1v) is 12.9. The highest BCUT2D eigenvalue weighted by atomic mass is 19.1. The Labute approximate surface area is 221 Å². The molecule has 5 rings (SSSR count). The van der Waals surface area contributed by atoms with Gasteiger partial charge < -0.3 is 20.2 Å². The summed E-state index contributed by atoms with van der Waals surface area (Å²) in [7, 11) is 0. The topological polar surface area (TPSA) is 94.6 Å². The zero-order valence-corrected chi connectivity index (χ0v) is 21.6. The van der Waals surface area contributed by atoms with Gasteiger partial charge in [-0.2, -0.15) is 0 Å². The summed E-state index contributed by atoms with van der Waals surface area (Å²) in [6, 6.07) is 17.1. The van der Waals surface area contributed by atoms with Crippen molar-refractivity contribution in [1.82, 2.24) is 5.32 Å². The van der Waals surface area contributed by atoms with Crippen molar-refractivity contribution in [3.8, 4) is 16.9 Å². The Morgan fingerprint density at radius 2 is 1.82 bits per heavy atom. The van der Waals surface area contributed by atoms with Crippen LogP contribution in [-0.2, 0) is 6.42 Å². The van der Waals surface area contributed by atoms with Crippen LogP contribution in [0.25, 0.3) is 22.1 Å². The largest absolute Gasteiger partial charge is 0.493 e. The van der Waals surface area contributed by atoms with Gasteiger partial charge in [0.05, 0.1) is 12.2 Å². The third kappa shape index (κ3) is 5.88. The molecule has 0 aliphatic heterocycles. The maximum Gasteiger partial charge on any atom is 0.252 e. The molecule has 0 saturated heterocycles. The van der Waals surface area contributed by atoms with Crippen molar-refractivity contribution >= 4 is 22.8 Å². The number of furan rings is 1. The lowest BCUT2D eigenvalue weighted by atomic mass is 9.98. The van der Waals surface area contributed by atoms with E-state index in [4.69, 9.17) is 14.9 Å². The van der Waals surface area contributed by atoms with Gasteiger partial charge in [-0.05, 0) is 83.8 Å². The van der Waals surface area contributed by atoms with E-state index in [1.54, 1.807) is 24.3 Å². The lowest BCUT2D eigenvalue weighted by Gasteiger charge is -2.13. The van der Waals surface area contributed by atoms with Gasteiger partial charge in [0.2, 0.25) is 0 Å². The molecule has 3 aromatic carbocycles. The highest BCUT2D eigenvalue weighted by molar-refractivity contribution is 6.07. The van der Waals surface area contributed by atoms with Crippen molar-refractivity contribution in [2.45, 2.75) is 33.1 Å². The number of fused-ring (bicyclic) bond motifs is 1. The minimum absolute atomic E-state index is 0.166. The summed E-state index contributed by atoms with van der Waals surface area (Å²) in [6.07, 6.45) is 2.62. The van der Waals surface area contributed by atoms with Gasteiger partial charge in [-0.3, -0.25) is 9.59 Å². The third-order valence-electron chi connectivity index (χ3n) is 6.64. The molecular weight excluding hydrogens is 483 g/mol. The first-order chi connectivity index (χ1) is 18.3. The molecule has 0 atom stereocenters. The highest BCUT2D eigenvalue weighted by Gasteiger charge is 2.23. The molecule has 38 heavy (non-hydrogen) atoms. The van der Waals surface area contributed by atoms with Crippen molar-refractivity contribution in [3.05, 3.63) is 88.9 Å². The van der Waals surface area contributed by atoms with Crippen LogP contribution in [0.5, 0.6) is 5.75 Å². The number of amides is 2. The van der Waals surface area contributed by atoms with Crippen LogP contribution in [0, 0.1) is 17.7 Å². The van der Waals surface area contributed by atoms with Crippen LogP contribution in [0.15, 0.2) is 65.1 Å². The second kappa shape index (κ2) is 10.7. The maximum absolute atomic E-state index is 13.4. The number of nitrogens with two attached hydrogens (primary N) is 1. The first-order valence-electron chi connectivity index (χ1n) is 12.9. The molecule has 3 N–H and O–H groups in total. The van der Waals surface area contributed by atoms with Gasteiger partial charge in [0.15, 0.2) is 0 Å². The summed E-state index contributed by atoms with van der Waals surface area (Å²) in [6.45, 7) is 5.28. The summed E-state index contributed by atoms with van der Waals surface area (Å²) in [5.74, 6) is 0.840. The monoisotopic (exact) mass is 514 g/mol. The fraction of sp³-hybridized carbons (Fsp3) is 0.290. The van der Waals surface area contributed by atoms with E-state index in [1.807, 2.05) is 38.1 Å². The Morgan fingerprint density at radius 1 is 1.05 bits per heavy atom. The molecule has 1 aliphatic carbocycles. The van der Waals surface area contributed by atoms with E-state index < -0.39 is 5.91 Å². The van der Waals surface area contributed by atoms with E-state index in [0.29, 0.717) is 65.0 Å². The number of halogens is 1. The van der Waals surface area contributed by atoms with Crippen molar-refractivity contribution in [1.29, 1.82) is 0 Å². The average Bonchev–Trinajstić information content (AvgIpc) is 3.65. The van der Waals surface area contributed by atoms with E-state index in [2.05, 4.69) is 5.32 Å². The van der Waals surface area contributed by atoms with Crippen molar-refractivity contribution in [2.24, 2.45) is 17.6 Å². The smallest absolute Gasteiger partial charge is 0.252 e. The number of benzene rings is 3. The number of hydrogen-bond donors (Lipinski definition) is 2. The standard InChI is InChI=1S/C31H31FN2O4/c1-18(2)16-34-31(36)23-12-22(13-25(14-23)37-17-20-3-4-20)21-7-10-27-26(15-21)29(30(33)35)28(38-27)11-19-5-8-24(32)9-6-19/h5-10,12-15,18,20H,3-4,11,16-17H2,1-2H3,(H2,33,35)(H,34,36). The molecule has 4 aromatic rings. The predicted octanol–water partition coefficient (Wildman–Crippen LogP) is 6.10. The van der Waals surface area contributed by atoms with Crippen LogP contribution >= 0.6 is 0 Å². The zero-order valence-electron chi connectivity index (χ0n) is 21.6. The van der Waals surface area contributed by atoms with Gasteiger partial charge in [-0.15, -0.1) is 0 Å². The Bertz CT molecular complexity index is 1490. The molecular formula is C31H31FN2O4. The first kappa shape index (κ1) is 25.5. The fourth-order valence-electron chi connectivity index (χ4n) is 4.39. The number of carbonyl (C=O) groups excluding carboxylic acids is 2. The molecule has 1 aliphatic rings. The minimum Gasteiger partial charge on any atom is -0.493 e. The van der Waals surface area contributed by atoms with Crippen LogP contribution in [-0.4, -0.2) is 25.0 Å². The second-order valence-electron chi connectivity index (χ2n) is 10.4. The van der Waals surface area contributed by atoms with E-state index >= 15 is 0 Å². The van der Waals surface area contributed by atoms with E-state index in [1.165, 1.54) is 12.1 Å². The molecule has 1 fully saturated rings. The third-order valence-corrected chi connectivity index (χ3v) is 6.64. The number of rotatable bonds is 10. The predicted molar refractivity (Wildman–Crippen MR) is 145 cm³/mol. The molecule has 0 bridgehead atoms. The molecule has 2 amide bonds. The lowest BCUT2D eigenvalue weighted by molar-refractivity contribution is 0.0947. The fourth-order valence-corrected chi connectivity index (χ4v) is 4.39. The summed E-state index contributed by atoms with van der Waals surface area (Å²) < 4.78 is 25.4. The molecule has 6 nitrogen and oxygen atoms in total. The number of primary amides is 1. The van der Waals surface area contributed by atoms with Crippen molar-refractivity contribution in [3.63, 3.8) is 0 Å². The summed E-state index contributed by atoms with van der Waals surface area (Å²) in [5.41, 5.74) is 9.48. The molecule has 1 saturated carbocycles. The van der Waals surface area contributed by atoms with E-state index in [-0.39, 0.29) is 11.7 Å². The van der Waals surface area contributed by atoms with E-state index in [0.717, 1.165) is 29.5 Å². The van der Waals surface area contributed by atoms with Crippen LogP contribution in [0.4, 0.5) is 4.39 Å². The molecule has 1 aromatic heterocycles. The maximum atomic E-state index is 13.4. The Kier molecular flexibility index (Phi) is 7.18. The van der Waals surface area contributed by atoms with Crippen LogP contribution in [0.3, 0.4) is 0 Å². The molecule has 1 heterocycles. The van der Waals surface area contributed by atoms with Crippen LogP contribution in [0.1, 0.15) is 58.7 Å². The molecule has 0 radical (unpaired) electrons. The van der Waals surface area contributed by atoms with Gasteiger partial charge in [-0.1, -0.05) is 32.0 Å². The van der Waals surface area contributed by atoms with Gasteiger partial charge in [0, 0.05) is 23.9 Å². The van der Waals surface area contributed by atoms with E-state index in [9.17, 15) is 14.0 Å². The summed E-state index contributed by atoms with van der Waals surface area (Å²) in [5, 5.41) is 3.56. The zero-order chi connectivity index (χ0) is 26.8.